The molecule has 0 bridgehead atoms. The van der Waals surface area contributed by atoms with Crippen LogP contribution >= 0.6 is 24.0 Å². The van der Waals surface area contributed by atoms with Crippen LogP contribution in [0.3, 0.4) is 0 Å². The van der Waals surface area contributed by atoms with Crippen LogP contribution in [0.25, 0.3) is 0 Å². The number of aromatic nitrogens is 4. The summed E-state index contributed by atoms with van der Waals surface area (Å²) in [5.41, 5.74) is 2.41. The van der Waals surface area contributed by atoms with Crippen LogP contribution in [0.2, 0.25) is 0 Å². The molecule has 0 saturated heterocycles. The Kier molecular flexibility index (Phi) is 9.53. The smallest absolute Gasteiger partial charge is 0.191 e. The molecule has 2 heterocycles. The van der Waals surface area contributed by atoms with Gasteiger partial charge < -0.3 is 10.6 Å². The van der Waals surface area contributed by atoms with Crippen LogP contribution in [0.15, 0.2) is 66.2 Å². The number of benzene rings is 1. The summed E-state index contributed by atoms with van der Waals surface area (Å²) in [4.78, 5) is 4.71. The summed E-state index contributed by atoms with van der Waals surface area (Å²) < 4.78 is 3.87. The third-order valence-electron chi connectivity index (χ3n) is 4.07. The summed E-state index contributed by atoms with van der Waals surface area (Å²) in [6.07, 6.45) is 8.55. The van der Waals surface area contributed by atoms with E-state index in [4.69, 9.17) is 4.99 Å². The summed E-state index contributed by atoms with van der Waals surface area (Å²) in [6.45, 7) is 6.08. The van der Waals surface area contributed by atoms with E-state index in [1.54, 1.807) is 12.4 Å². The fourth-order valence-electron chi connectivity index (χ4n) is 2.80. The fourth-order valence-corrected chi connectivity index (χ4v) is 2.80. The van der Waals surface area contributed by atoms with Gasteiger partial charge in [-0.15, -0.1) is 24.0 Å². The topological polar surface area (TPSA) is 72.1 Å². The molecule has 0 aliphatic rings. The standard InChI is InChI=1S/C20H27N7.HI/c1-2-21-20(22-9-4-12-26-13-5-10-24-26)23-16-18-7-3-8-19(15-18)17-27-14-6-11-25-27;/h3,5-8,10-11,13-15H,2,4,9,12,16-17H2,1H3,(H2,21,22,23);1H. The molecule has 28 heavy (non-hydrogen) atoms. The SMILES string of the molecule is CCNC(=NCc1cccc(Cn2cccn2)c1)NCCCn1cccn1.I. The van der Waals surface area contributed by atoms with Gasteiger partial charge in [0.25, 0.3) is 0 Å². The first-order valence-electron chi connectivity index (χ1n) is 9.38. The molecule has 0 spiro atoms. The number of hydrogen-bond donors (Lipinski definition) is 2. The molecule has 3 aromatic rings. The van der Waals surface area contributed by atoms with Crippen LogP contribution in [0.5, 0.6) is 0 Å². The first-order chi connectivity index (χ1) is 13.3. The van der Waals surface area contributed by atoms with Crippen molar-refractivity contribution in [1.29, 1.82) is 0 Å². The molecule has 0 aliphatic carbocycles. The Labute approximate surface area is 183 Å². The average Bonchev–Trinajstić information content (AvgIpc) is 3.37. The number of guanidine groups is 1. The molecular formula is C20H28IN7. The minimum absolute atomic E-state index is 0. The van der Waals surface area contributed by atoms with Gasteiger partial charge in [-0.3, -0.25) is 9.36 Å². The van der Waals surface area contributed by atoms with Gasteiger partial charge in [0.15, 0.2) is 5.96 Å². The third-order valence-corrected chi connectivity index (χ3v) is 4.07. The molecular weight excluding hydrogens is 465 g/mol. The average molecular weight is 493 g/mol. The van der Waals surface area contributed by atoms with Crippen LogP contribution < -0.4 is 10.6 Å². The van der Waals surface area contributed by atoms with Gasteiger partial charge in [-0.2, -0.15) is 10.2 Å². The van der Waals surface area contributed by atoms with Gasteiger partial charge in [0.1, 0.15) is 0 Å². The van der Waals surface area contributed by atoms with E-state index in [2.05, 4.69) is 52.0 Å². The van der Waals surface area contributed by atoms with Gasteiger partial charge in [0.2, 0.25) is 0 Å². The molecule has 3 rings (SSSR count). The van der Waals surface area contributed by atoms with Gasteiger partial charge in [-0.1, -0.05) is 24.3 Å². The molecule has 2 aromatic heterocycles. The minimum atomic E-state index is 0. The number of nitrogens with one attached hydrogen (secondary N) is 2. The van der Waals surface area contributed by atoms with Crippen molar-refractivity contribution < 1.29 is 0 Å². The number of nitrogens with zero attached hydrogens (tertiary/aromatic N) is 5. The molecule has 0 amide bonds. The summed E-state index contributed by atoms with van der Waals surface area (Å²) in [5, 5.41) is 15.2. The van der Waals surface area contributed by atoms with E-state index in [9.17, 15) is 0 Å². The highest BCUT2D eigenvalue weighted by molar-refractivity contribution is 14.0. The number of hydrogen-bond acceptors (Lipinski definition) is 3. The number of halogens is 1. The Bertz CT molecular complexity index is 813. The van der Waals surface area contributed by atoms with Gasteiger partial charge >= 0.3 is 0 Å². The zero-order valence-electron chi connectivity index (χ0n) is 16.2. The molecule has 7 nitrogen and oxygen atoms in total. The molecule has 0 fully saturated rings. The van der Waals surface area contributed by atoms with E-state index in [-0.39, 0.29) is 24.0 Å². The second kappa shape index (κ2) is 12.2. The minimum Gasteiger partial charge on any atom is -0.357 e. The molecule has 0 unspecified atom stereocenters. The van der Waals surface area contributed by atoms with Crippen LogP contribution in [-0.2, 0) is 19.6 Å². The maximum atomic E-state index is 4.71. The predicted molar refractivity (Wildman–Crippen MR) is 123 cm³/mol. The number of rotatable bonds is 9. The summed E-state index contributed by atoms with van der Waals surface area (Å²) in [7, 11) is 0. The van der Waals surface area contributed by atoms with Crippen molar-refractivity contribution in [2.24, 2.45) is 4.99 Å². The van der Waals surface area contributed by atoms with Crippen molar-refractivity contribution in [1.82, 2.24) is 30.2 Å². The molecule has 0 saturated carbocycles. The summed E-state index contributed by atoms with van der Waals surface area (Å²) in [5.74, 6) is 0.843. The second-order valence-corrected chi connectivity index (χ2v) is 6.27. The van der Waals surface area contributed by atoms with Gasteiger partial charge in [-0.05, 0) is 36.6 Å². The van der Waals surface area contributed by atoms with Crippen molar-refractivity contribution >= 4 is 29.9 Å². The van der Waals surface area contributed by atoms with E-state index < -0.39 is 0 Å². The lowest BCUT2D eigenvalue weighted by Crippen LogP contribution is -2.38. The van der Waals surface area contributed by atoms with Crippen molar-refractivity contribution in [3.63, 3.8) is 0 Å². The van der Waals surface area contributed by atoms with Crippen molar-refractivity contribution in [2.45, 2.75) is 33.0 Å². The van der Waals surface area contributed by atoms with E-state index in [0.717, 1.165) is 38.6 Å². The highest BCUT2D eigenvalue weighted by Crippen LogP contribution is 2.08. The lowest BCUT2D eigenvalue weighted by Gasteiger charge is -2.11. The van der Waals surface area contributed by atoms with Gasteiger partial charge in [-0.25, -0.2) is 4.99 Å². The van der Waals surface area contributed by atoms with Crippen LogP contribution in [0.4, 0.5) is 0 Å². The largest absolute Gasteiger partial charge is 0.357 e. The Morgan fingerprint density at radius 1 is 1.00 bits per heavy atom. The molecule has 0 atom stereocenters. The Morgan fingerprint density at radius 2 is 1.75 bits per heavy atom. The Hall–Kier alpha value is -2.36. The van der Waals surface area contributed by atoms with Crippen LogP contribution in [0, 0.1) is 0 Å². The predicted octanol–water partition coefficient (Wildman–Crippen LogP) is 2.89. The fraction of sp³-hybridized carbons (Fsp3) is 0.350. The number of aliphatic imine (C=N–C) groups is 1. The Balaban J connectivity index is 0.00000280. The van der Waals surface area contributed by atoms with E-state index in [1.807, 2.05) is 33.9 Å². The highest BCUT2D eigenvalue weighted by Gasteiger charge is 2.00. The maximum Gasteiger partial charge on any atom is 0.191 e. The summed E-state index contributed by atoms with van der Waals surface area (Å²) >= 11 is 0. The zero-order chi connectivity index (χ0) is 18.7. The van der Waals surface area contributed by atoms with Gasteiger partial charge in [0.05, 0.1) is 13.1 Å². The van der Waals surface area contributed by atoms with Crippen molar-refractivity contribution in [3.8, 4) is 0 Å². The van der Waals surface area contributed by atoms with Crippen molar-refractivity contribution in [3.05, 3.63) is 72.3 Å². The number of aryl methyl sites for hydroxylation is 1. The van der Waals surface area contributed by atoms with Crippen LogP contribution in [0.1, 0.15) is 24.5 Å². The van der Waals surface area contributed by atoms with E-state index in [0.29, 0.717) is 6.54 Å². The first-order valence-corrected chi connectivity index (χ1v) is 9.38. The molecule has 2 N–H and O–H groups in total. The molecule has 0 radical (unpaired) electrons. The van der Waals surface area contributed by atoms with Gasteiger partial charge in [0, 0.05) is 44.4 Å². The molecule has 0 aliphatic heterocycles. The third kappa shape index (κ3) is 7.34. The lowest BCUT2D eigenvalue weighted by molar-refractivity contribution is 0.570. The quantitative estimate of drug-likeness (QED) is 0.208. The molecule has 150 valence electrons. The Morgan fingerprint density at radius 3 is 2.46 bits per heavy atom. The molecule has 8 heteroatoms. The highest BCUT2D eigenvalue weighted by atomic mass is 127. The lowest BCUT2D eigenvalue weighted by atomic mass is 10.1. The van der Waals surface area contributed by atoms with E-state index >= 15 is 0 Å². The summed E-state index contributed by atoms with van der Waals surface area (Å²) in [6, 6.07) is 12.4. The maximum absolute atomic E-state index is 4.71. The molecule has 1 aromatic carbocycles. The van der Waals surface area contributed by atoms with Crippen LogP contribution in [-0.4, -0.2) is 38.6 Å². The normalized spacial score (nSPS) is 11.1. The monoisotopic (exact) mass is 493 g/mol. The first kappa shape index (κ1) is 21.9. The zero-order valence-corrected chi connectivity index (χ0v) is 18.5. The van der Waals surface area contributed by atoms with Crippen molar-refractivity contribution in [2.75, 3.05) is 13.1 Å². The van der Waals surface area contributed by atoms with E-state index in [1.165, 1.54) is 11.1 Å². The second-order valence-electron chi connectivity index (χ2n) is 6.27.